The average Bonchev–Trinajstić information content (AvgIpc) is 3.04. The number of hydrogen-bond acceptors (Lipinski definition) is 3. The first-order valence-corrected chi connectivity index (χ1v) is 11.0. The van der Waals surface area contributed by atoms with Crippen LogP contribution in [0.4, 0.5) is 5.69 Å². The zero-order valence-corrected chi connectivity index (χ0v) is 19.6. The van der Waals surface area contributed by atoms with Crippen LogP contribution in [0.3, 0.4) is 0 Å². The Morgan fingerprint density at radius 3 is 2.55 bits per heavy atom. The van der Waals surface area contributed by atoms with Gasteiger partial charge in [-0.1, -0.05) is 69.5 Å². The number of halogens is 3. The first-order valence-electron chi connectivity index (χ1n) is 9.45. The van der Waals surface area contributed by atoms with Gasteiger partial charge in [-0.25, -0.2) is 0 Å². The second kappa shape index (κ2) is 9.27. The highest BCUT2D eigenvalue weighted by Crippen LogP contribution is 2.32. The van der Waals surface area contributed by atoms with Gasteiger partial charge in [-0.2, -0.15) is 10.1 Å². The predicted octanol–water partition coefficient (Wildman–Crippen LogP) is 7.14. The lowest BCUT2D eigenvalue weighted by molar-refractivity contribution is -0.114. The van der Waals surface area contributed by atoms with Crippen LogP contribution < -0.4 is 9.75 Å². The maximum Gasteiger partial charge on any atom is 0.280 e. The van der Waals surface area contributed by atoms with Crippen LogP contribution in [-0.2, 0) is 11.4 Å². The second-order valence-corrected chi connectivity index (χ2v) is 8.65. The molecule has 0 saturated carbocycles. The lowest BCUT2D eigenvalue weighted by Crippen LogP contribution is -2.21. The Morgan fingerprint density at radius 2 is 1.81 bits per heavy atom. The largest absolute Gasteiger partial charge is 0.488 e. The summed E-state index contributed by atoms with van der Waals surface area (Å²) in [5.74, 6) is 0.429. The van der Waals surface area contributed by atoms with Crippen LogP contribution in [0.15, 0.2) is 81.9 Å². The summed E-state index contributed by atoms with van der Waals surface area (Å²) in [7, 11) is 0. The average molecular weight is 516 g/mol. The molecule has 0 bridgehead atoms. The molecule has 1 amide bonds. The van der Waals surface area contributed by atoms with E-state index in [2.05, 4.69) is 21.0 Å². The Labute approximate surface area is 198 Å². The topological polar surface area (TPSA) is 41.9 Å². The molecule has 31 heavy (non-hydrogen) atoms. The summed E-state index contributed by atoms with van der Waals surface area (Å²) in [6, 6.07) is 20.6. The van der Waals surface area contributed by atoms with Gasteiger partial charge in [0.2, 0.25) is 0 Å². The van der Waals surface area contributed by atoms with Gasteiger partial charge in [0.15, 0.2) is 0 Å². The number of ether oxygens (including phenoxy) is 1. The molecule has 0 atom stereocenters. The van der Waals surface area contributed by atoms with Gasteiger partial charge in [-0.05, 0) is 55.0 Å². The van der Waals surface area contributed by atoms with Crippen molar-refractivity contribution in [2.75, 3.05) is 5.01 Å². The third-order valence-electron chi connectivity index (χ3n) is 4.72. The lowest BCUT2D eigenvalue weighted by atomic mass is 10.1. The predicted molar refractivity (Wildman–Crippen MR) is 130 cm³/mol. The minimum Gasteiger partial charge on any atom is -0.488 e. The zero-order chi connectivity index (χ0) is 22.0. The van der Waals surface area contributed by atoms with Gasteiger partial charge in [0.25, 0.3) is 5.91 Å². The van der Waals surface area contributed by atoms with Crippen molar-refractivity contribution in [3.05, 3.63) is 97.9 Å². The fraction of sp³-hybridized carbons (Fsp3) is 0.0833. The highest BCUT2D eigenvalue weighted by molar-refractivity contribution is 9.10. The van der Waals surface area contributed by atoms with Crippen LogP contribution in [0.5, 0.6) is 5.75 Å². The Bertz CT molecular complexity index is 1210. The number of hydrogen-bond donors (Lipinski definition) is 0. The van der Waals surface area contributed by atoms with Gasteiger partial charge in [-0.3, -0.25) is 4.79 Å². The molecule has 4 rings (SSSR count). The quantitative estimate of drug-likeness (QED) is 0.339. The molecule has 0 aliphatic carbocycles. The number of benzene rings is 3. The van der Waals surface area contributed by atoms with E-state index < -0.39 is 0 Å². The molecule has 3 aromatic carbocycles. The van der Waals surface area contributed by atoms with Gasteiger partial charge in [0, 0.05) is 10.0 Å². The van der Waals surface area contributed by atoms with Crippen molar-refractivity contribution >= 4 is 62.5 Å². The third kappa shape index (κ3) is 4.85. The monoisotopic (exact) mass is 514 g/mol. The molecule has 0 saturated heterocycles. The molecule has 0 fully saturated rings. The molecule has 0 unspecified atom stereocenters. The fourth-order valence-electron chi connectivity index (χ4n) is 3.13. The maximum absolute atomic E-state index is 13.1. The molecule has 0 aromatic heterocycles. The van der Waals surface area contributed by atoms with Gasteiger partial charge >= 0.3 is 0 Å². The van der Waals surface area contributed by atoms with E-state index >= 15 is 0 Å². The van der Waals surface area contributed by atoms with Crippen LogP contribution >= 0.6 is 39.1 Å². The summed E-state index contributed by atoms with van der Waals surface area (Å²) in [5, 5.41) is 6.52. The van der Waals surface area contributed by atoms with Gasteiger partial charge < -0.3 is 4.74 Å². The molecule has 7 heteroatoms. The van der Waals surface area contributed by atoms with E-state index in [0.29, 0.717) is 39.4 Å². The van der Waals surface area contributed by atoms with E-state index in [1.54, 1.807) is 31.2 Å². The van der Waals surface area contributed by atoms with Gasteiger partial charge in [0.1, 0.15) is 12.4 Å². The Morgan fingerprint density at radius 1 is 1.03 bits per heavy atom. The number of amides is 1. The standard InChI is InChI=1S/C24H17BrCl2N2O2/c1-15-20(24(30)29(28-15)19-8-9-21(26)22(27)13-19)12-17-11-18(25)7-10-23(17)31-14-16-5-3-2-4-6-16/h2-13H,14H2,1H3/b20-12-. The van der Waals surface area contributed by atoms with Crippen LogP contribution in [0, 0.1) is 0 Å². The lowest BCUT2D eigenvalue weighted by Gasteiger charge is -2.13. The number of anilines is 1. The van der Waals surface area contributed by atoms with Crippen molar-refractivity contribution in [2.45, 2.75) is 13.5 Å². The molecule has 0 spiro atoms. The molecule has 4 nitrogen and oxygen atoms in total. The van der Waals surface area contributed by atoms with E-state index in [0.717, 1.165) is 15.6 Å². The van der Waals surface area contributed by atoms with E-state index in [1.807, 2.05) is 48.5 Å². The minimum absolute atomic E-state index is 0.245. The van der Waals surface area contributed by atoms with Gasteiger partial charge in [-0.15, -0.1) is 0 Å². The Kier molecular flexibility index (Phi) is 6.46. The summed E-state index contributed by atoms with van der Waals surface area (Å²) < 4.78 is 6.92. The van der Waals surface area contributed by atoms with Crippen molar-refractivity contribution in [1.29, 1.82) is 0 Å². The van der Waals surface area contributed by atoms with E-state index in [-0.39, 0.29) is 5.91 Å². The molecule has 1 aliphatic rings. The Hall–Kier alpha value is -2.60. The Balaban J connectivity index is 1.63. The van der Waals surface area contributed by atoms with Crippen molar-refractivity contribution in [1.82, 2.24) is 0 Å². The number of nitrogens with zero attached hydrogens (tertiary/aromatic N) is 2. The summed E-state index contributed by atoms with van der Waals surface area (Å²) in [6.07, 6.45) is 1.80. The summed E-state index contributed by atoms with van der Waals surface area (Å²) >= 11 is 15.6. The maximum atomic E-state index is 13.1. The van der Waals surface area contributed by atoms with Gasteiger partial charge in [0.05, 0.1) is 27.0 Å². The third-order valence-corrected chi connectivity index (χ3v) is 5.95. The minimum atomic E-state index is -0.245. The first-order chi connectivity index (χ1) is 14.9. The van der Waals surface area contributed by atoms with E-state index in [4.69, 9.17) is 27.9 Å². The highest BCUT2D eigenvalue weighted by atomic mass is 79.9. The van der Waals surface area contributed by atoms with Crippen molar-refractivity contribution in [3.63, 3.8) is 0 Å². The molecule has 0 N–H and O–H groups in total. The smallest absolute Gasteiger partial charge is 0.280 e. The first kappa shape index (κ1) is 21.6. The number of hydrazone groups is 1. The fourth-order valence-corrected chi connectivity index (χ4v) is 3.80. The molecular formula is C24H17BrCl2N2O2. The second-order valence-electron chi connectivity index (χ2n) is 6.92. The molecule has 3 aromatic rings. The summed E-state index contributed by atoms with van der Waals surface area (Å²) in [4.78, 5) is 13.1. The van der Waals surface area contributed by atoms with E-state index in [1.165, 1.54) is 5.01 Å². The van der Waals surface area contributed by atoms with Crippen molar-refractivity contribution < 1.29 is 9.53 Å². The van der Waals surface area contributed by atoms with Crippen LogP contribution in [0.25, 0.3) is 6.08 Å². The van der Waals surface area contributed by atoms with Crippen LogP contribution in [-0.4, -0.2) is 11.6 Å². The normalized spacial score (nSPS) is 14.8. The zero-order valence-electron chi connectivity index (χ0n) is 16.5. The van der Waals surface area contributed by atoms with Crippen LogP contribution in [0.2, 0.25) is 10.0 Å². The summed E-state index contributed by atoms with van der Waals surface area (Å²) in [6.45, 7) is 2.22. The number of rotatable bonds is 5. The van der Waals surface area contributed by atoms with Crippen LogP contribution in [0.1, 0.15) is 18.1 Å². The SMILES string of the molecule is CC1=NN(c2ccc(Cl)c(Cl)c2)C(=O)/C1=C\c1cc(Br)ccc1OCc1ccccc1. The van der Waals surface area contributed by atoms with E-state index in [9.17, 15) is 4.79 Å². The molecule has 0 radical (unpaired) electrons. The molecule has 1 heterocycles. The van der Waals surface area contributed by atoms with Crippen molar-refractivity contribution in [3.8, 4) is 5.75 Å². The summed E-state index contributed by atoms with van der Waals surface area (Å²) in [5.41, 5.74) is 3.47. The number of carbonyl (C=O) groups excluding carboxylic acids is 1. The number of carbonyl (C=O) groups is 1. The molecule has 156 valence electrons. The van der Waals surface area contributed by atoms with Crippen molar-refractivity contribution in [2.24, 2.45) is 5.10 Å². The molecular weight excluding hydrogens is 499 g/mol. The molecule has 1 aliphatic heterocycles. The highest BCUT2D eigenvalue weighted by Gasteiger charge is 2.29.